The molecule has 144 valence electrons. The van der Waals surface area contributed by atoms with Crippen molar-refractivity contribution >= 4 is 41.3 Å². The summed E-state index contributed by atoms with van der Waals surface area (Å²) in [4.78, 5) is 7.07. The Morgan fingerprint density at radius 2 is 2.32 bits per heavy atom. The van der Waals surface area contributed by atoms with E-state index >= 15 is 0 Å². The van der Waals surface area contributed by atoms with Gasteiger partial charge in [-0.05, 0) is 38.8 Å². The third-order valence-corrected chi connectivity index (χ3v) is 5.07. The van der Waals surface area contributed by atoms with Crippen molar-refractivity contribution < 1.29 is 9.47 Å². The summed E-state index contributed by atoms with van der Waals surface area (Å²) in [5, 5.41) is 6.81. The molecule has 2 unspecified atom stereocenters. The first kappa shape index (κ1) is 22.7. The summed E-state index contributed by atoms with van der Waals surface area (Å²) in [5.74, 6) is 1.45. The zero-order chi connectivity index (χ0) is 17.2. The van der Waals surface area contributed by atoms with Crippen molar-refractivity contribution in [2.24, 2.45) is 10.9 Å². The van der Waals surface area contributed by atoms with Crippen LogP contribution in [0.2, 0.25) is 0 Å². The van der Waals surface area contributed by atoms with Gasteiger partial charge in [-0.3, -0.25) is 4.99 Å². The molecule has 2 atom stereocenters. The molecule has 1 aliphatic heterocycles. The van der Waals surface area contributed by atoms with Crippen molar-refractivity contribution in [3.8, 4) is 0 Å². The van der Waals surface area contributed by atoms with Gasteiger partial charge in [-0.25, -0.2) is 0 Å². The number of aliphatic imine (C=N–C) groups is 1. The summed E-state index contributed by atoms with van der Waals surface area (Å²) >= 11 is 1.86. The standard InChI is InChI=1S/C18H31N3O2S.HI/c1-14(11-17-6-5-15(2)24-17)21-18(19-3)20-8-4-9-22-12-16-7-10-23-13-16;/h5-6,14,16H,4,7-13H2,1-3H3,(H2,19,20,21);1H. The Hall–Kier alpha value is -0.380. The smallest absolute Gasteiger partial charge is 0.191 e. The molecule has 1 aromatic rings. The summed E-state index contributed by atoms with van der Waals surface area (Å²) in [5.41, 5.74) is 0. The quantitative estimate of drug-likeness (QED) is 0.246. The minimum absolute atomic E-state index is 0. The van der Waals surface area contributed by atoms with Gasteiger partial charge in [-0.15, -0.1) is 35.3 Å². The SMILES string of the molecule is CN=C(NCCCOCC1CCOC1)NC(C)Cc1ccc(C)s1.I. The van der Waals surface area contributed by atoms with Gasteiger partial charge >= 0.3 is 0 Å². The molecule has 1 aromatic heterocycles. The molecular weight excluding hydrogens is 449 g/mol. The fourth-order valence-electron chi connectivity index (χ4n) is 2.72. The molecule has 0 aliphatic carbocycles. The van der Waals surface area contributed by atoms with Crippen LogP contribution in [0.15, 0.2) is 17.1 Å². The van der Waals surface area contributed by atoms with Crippen LogP contribution in [0.3, 0.4) is 0 Å². The molecule has 5 nitrogen and oxygen atoms in total. The second kappa shape index (κ2) is 12.9. The van der Waals surface area contributed by atoms with Crippen LogP contribution in [-0.4, -0.2) is 52.0 Å². The van der Waals surface area contributed by atoms with Crippen molar-refractivity contribution in [1.82, 2.24) is 10.6 Å². The molecule has 0 aromatic carbocycles. The van der Waals surface area contributed by atoms with Gasteiger partial charge in [0.2, 0.25) is 0 Å². The first-order valence-electron chi connectivity index (χ1n) is 8.85. The van der Waals surface area contributed by atoms with Crippen molar-refractivity contribution in [2.75, 3.05) is 40.0 Å². The molecule has 0 spiro atoms. The molecule has 7 heteroatoms. The topological polar surface area (TPSA) is 54.9 Å². The van der Waals surface area contributed by atoms with Crippen molar-refractivity contribution in [2.45, 2.75) is 39.2 Å². The van der Waals surface area contributed by atoms with Crippen LogP contribution < -0.4 is 10.6 Å². The lowest BCUT2D eigenvalue weighted by Crippen LogP contribution is -2.43. The average Bonchev–Trinajstić information content (AvgIpc) is 3.21. The van der Waals surface area contributed by atoms with Gasteiger partial charge < -0.3 is 20.1 Å². The van der Waals surface area contributed by atoms with Gasteiger partial charge in [-0.2, -0.15) is 0 Å². The number of thiophene rings is 1. The third-order valence-electron chi connectivity index (χ3n) is 4.05. The summed E-state index contributed by atoms with van der Waals surface area (Å²) in [6.45, 7) is 8.56. The number of nitrogens with zero attached hydrogens (tertiary/aromatic N) is 1. The van der Waals surface area contributed by atoms with E-state index in [0.29, 0.717) is 12.0 Å². The first-order valence-corrected chi connectivity index (χ1v) is 9.67. The molecule has 0 bridgehead atoms. The molecule has 2 rings (SSSR count). The number of halogens is 1. The van der Waals surface area contributed by atoms with Gasteiger partial charge in [0.05, 0.1) is 13.2 Å². The van der Waals surface area contributed by atoms with Crippen molar-refractivity contribution in [1.29, 1.82) is 0 Å². The Bertz CT molecular complexity index is 504. The van der Waals surface area contributed by atoms with Crippen LogP contribution in [-0.2, 0) is 15.9 Å². The third kappa shape index (κ3) is 9.21. The highest BCUT2D eigenvalue weighted by atomic mass is 127. The van der Waals surface area contributed by atoms with E-state index in [4.69, 9.17) is 9.47 Å². The highest BCUT2D eigenvalue weighted by molar-refractivity contribution is 14.0. The lowest BCUT2D eigenvalue weighted by Gasteiger charge is -2.17. The maximum absolute atomic E-state index is 5.72. The fourth-order valence-corrected chi connectivity index (χ4v) is 3.74. The first-order chi connectivity index (χ1) is 11.7. The van der Waals surface area contributed by atoms with Crippen LogP contribution in [0.5, 0.6) is 0 Å². The number of hydrogen-bond acceptors (Lipinski definition) is 4. The van der Waals surface area contributed by atoms with Crippen molar-refractivity contribution in [3.63, 3.8) is 0 Å². The second-order valence-electron chi connectivity index (χ2n) is 6.42. The number of rotatable bonds is 9. The van der Waals surface area contributed by atoms with E-state index in [0.717, 1.165) is 58.2 Å². The zero-order valence-corrected chi connectivity index (χ0v) is 18.7. The van der Waals surface area contributed by atoms with E-state index in [1.807, 2.05) is 18.4 Å². The van der Waals surface area contributed by atoms with E-state index in [-0.39, 0.29) is 24.0 Å². The molecule has 0 saturated carbocycles. The lowest BCUT2D eigenvalue weighted by molar-refractivity contribution is 0.0888. The predicted octanol–water partition coefficient (Wildman–Crippen LogP) is 3.21. The number of guanidine groups is 1. The number of nitrogens with one attached hydrogen (secondary N) is 2. The van der Waals surface area contributed by atoms with Crippen LogP contribution in [0, 0.1) is 12.8 Å². The monoisotopic (exact) mass is 481 g/mol. The average molecular weight is 481 g/mol. The van der Waals surface area contributed by atoms with Gasteiger partial charge in [0, 0.05) is 54.9 Å². The molecule has 2 N–H and O–H groups in total. The predicted molar refractivity (Wildman–Crippen MR) is 116 cm³/mol. The molecule has 25 heavy (non-hydrogen) atoms. The minimum Gasteiger partial charge on any atom is -0.381 e. The molecule has 0 amide bonds. The number of ether oxygens (including phenoxy) is 2. The van der Waals surface area contributed by atoms with E-state index < -0.39 is 0 Å². The maximum atomic E-state index is 5.72. The summed E-state index contributed by atoms with van der Waals surface area (Å²) in [6.07, 6.45) is 3.13. The van der Waals surface area contributed by atoms with Crippen LogP contribution in [0.1, 0.15) is 29.5 Å². The molecular formula is C18H32IN3O2S. The van der Waals surface area contributed by atoms with E-state index in [9.17, 15) is 0 Å². The van der Waals surface area contributed by atoms with E-state index in [1.54, 1.807) is 0 Å². The van der Waals surface area contributed by atoms with Crippen molar-refractivity contribution in [3.05, 3.63) is 21.9 Å². The van der Waals surface area contributed by atoms with E-state index in [2.05, 4.69) is 41.6 Å². The molecule has 2 heterocycles. The lowest BCUT2D eigenvalue weighted by atomic mass is 10.1. The van der Waals surface area contributed by atoms with Crippen LogP contribution in [0.4, 0.5) is 0 Å². The Kier molecular flexibility index (Phi) is 11.7. The fraction of sp³-hybridized carbons (Fsp3) is 0.722. The van der Waals surface area contributed by atoms with Crippen LogP contribution in [0.25, 0.3) is 0 Å². The molecule has 1 fully saturated rings. The normalized spacial score (nSPS) is 18.7. The van der Waals surface area contributed by atoms with Gasteiger partial charge in [0.15, 0.2) is 5.96 Å². The maximum Gasteiger partial charge on any atom is 0.191 e. The second-order valence-corrected chi connectivity index (χ2v) is 7.79. The largest absolute Gasteiger partial charge is 0.381 e. The highest BCUT2D eigenvalue weighted by Crippen LogP contribution is 2.16. The Morgan fingerprint density at radius 3 is 2.96 bits per heavy atom. The highest BCUT2D eigenvalue weighted by Gasteiger charge is 2.15. The molecule has 0 radical (unpaired) electrons. The zero-order valence-electron chi connectivity index (χ0n) is 15.5. The number of hydrogen-bond donors (Lipinski definition) is 2. The van der Waals surface area contributed by atoms with E-state index in [1.165, 1.54) is 9.75 Å². The summed E-state index contributed by atoms with van der Waals surface area (Å²) in [7, 11) is 1.81. The summed E-state index contributed by atoms with van der Waals surface area (Å²) in [6, 6.07) is 4.74. The minimum atomic E-state index is 0. The van der Waals surface area contributed by atoms with Crippen LogP contribution >= 0.6 is 35.3 Å². The van der Waals surface area contributed by atoms with Gasteiger partial charge in [0.25, 0.3) is 0 Å². The van der Waals surface area contributed by atoms with Gasteiger partial charge in [-0.1, -0.05) is 0 Å². The Morgan fingerprint density at radius 1 is 1.48 bits per heavy atom. The summed E-state index contributed by atoms with van der Waals surface area (Å²) < 4.78 is 11.1. The Balaban J connectivity index is 0.00000312. The number of aryl methyl sites for hydroxylation is 1. The molecule has 1 saturated heterocycles. The molecule has 1 aliphatic rings. The Labute approximate surface area is 173 Å². The van der Waals surface area contributed by atoms with Gasteiger partial charge in [0.1, 0.15) is 0 Å².